The number of nitrogens with zero attached hydrogens (tertiary/aromatic N) is 4. The molecular formula is C25H25N5. The summed E-state index contributed by atoms with van der Waals surface area (Å²) in [6.07, 6.45) is 1.75. The van der Waals surface area contributed by atoms with Crippen molar-refractivity contribution in [1.29, 1.82) is 5.26 Å². The Morgan fingerprint density at radius 3 is 2.30 bits per heavy atom. The van der Waals surface area contributed by atoms with Gasteiger partial charge in [0.1, 0.15) is 6.07 Å². The molecule has 1 aliphatic heterocycles. The fraction of sp³-hybridized carbons (Fsp3) is 0.200. The lowest BCUT2D eigenvalue weighted by atomic mass is 10.1. The van der Waals surface area contributed by atoms with Gasteiger partial charge >= 0.3 is 0 Å². The molecule has 1 aliphatic rings. The predicted molar refractivity (Wildman–Crippen MR) is 123 cm³/mol. The lowest BCUT2D eigenvalue weighted by Gasteiger charge is -2.36. The van der Waals surface area contributed by atoms with E-state index in [-0.39, 0.29) is 0 Å². The number of anilines is 2. The van der Waals surface area contributed by atoms with Crippen LogP contribution in [0.5, 0.6) is 0 Å². The molecule has 5 nitrogen and oxygen atoms in total. The van der Waals surface area contributed by atoms with Gasteiger partial charge in [-0.3, -0.25) is 10.3 Å². The van der Waals surface area contributed by atoms with Gasteiger partial charge in [0.15, 0.2) is 0 Å². The van der Waals surface area contributed by atoms with Gasteiger partial charge in [-0.1, -0.05) is 54.6 Å². The second kappa shape index (κ2) is 9.73. The first-order valence-corrected chi connectivity index (χ1v) is 10.2. The van der Waals surface area contributed by atoms with Crippen LogP contribution < -0.4 is 10.3 Å². The highest BCUT2D eigenvalue weighted by Gasteiger charge is 2.19. The second-order valence-corrected chi connectivity index (χ2v) is 7.37. The number of piperazine rings is 1. The van der Waals surface area contributed by atoms with E-state index in [4.69, 9.17) is 0 Å². The van der Waals surface area contributed by atoms with Gasteiger partial charge in [-0.2, -0.15) is 10.4 Å². The third-order valence-electron chi connectivity index (χ3n) is 5.28. The van der Waals surface area contributed by atoms with E-state index < -0.39 is 0 Å². The molecule has 0 amide bonds. The predicted octanol–water partition coefficient (Wildman–Crippen LogP) is 4.33. The SMILES string of the molecule is N#Cc1cc(C=NNc2ccccc2)ccc1N1CCN(Cc2ccccc2)CC1. The van der Waals surface area contributed by atoms with Crippen LogP contribution in [0.3, 0.4) is 0 Å². The largest absolute Gasteiger partial charge is 0.368 e. The average Bonchev–Trinajstić information content (AvgIpc) is 2.81. The minimum absolute atomic E-state index is 0.690. The molecule has 4 rings (SSSR count). The summed E-state index contributed by atoms with van der Waals surface area (Å²) in [5, 5.41) is 14.0. The number of hydrogen-bond acceptors (Lipinski definition) is 5. The van der Waals surface area contributed by atoms with Gasteiger partial charge in [-0.15, -0.1) is 0 Å². The van der Waals surface area contributed by atoms with Gasteiger partial charge in [0.2, 0.25) is 0 Å². The molecule has 3 aromatic rings. The van der Waals surface area contributed by atoms with Crippen molar-refractivity contribution in [3.05, 3.63) is 95.6 Å². The highest BCUT2D eigenvalue weighted by molar-refractivity contribution is 5.82. The quantitative estimate of drug-likeness (QED) is 0.499. The number of rotatable bonds is 6. The van der Waals surface area contributed by atoms with E-state index in [0.29, 0.717) is 5.56 Å². The van der Waals surface area contributed by atoms with Gasteiger partial charge in [-0.05, 0) is 35.4 Å². The number of nitriles is 1. The van der Waals surface area contributed by atoms with Crippen LogP contribution >= 0.6 is 0 Å². The molecule has 0 saturated carbocycles. The zero-order chi connectivity index (χ0) is 20.6. The Bertz CT molecular complexity index is 1020. The minimum Gasteiger partial charge on any atom is -0.368 e. The standard InChI is InChI=1S/C25H25N5/c26-18-23-17-22(19-27-28-24-9-5-2-6-10-24)11-12-25(23)30-15-13-29(14-16-30)20-21-7-3-1-4-8-21/h1-12,17,19,28H,13-16,20H2. The topological polar surface area (TPSA) is 54.7 Å². The molecule has 0 unspecified atom stereocenters. The van der Waals surface area contributed by atoms with E-state index in [9.17, 15) is 5.26 Å². The Morgan fingerprint density at radius 2 is 1.60 bits per heavy atom. The van der Waals surface area contributed by atoms with Crippen LogP contribution in [-0.4, -0.2) is 37.3 Å². The number of hydrazone groups is 1. The highest BCUT2D eigenvalue weighted by Crippen LogP contribution is 2.23. The van der Waals surface area contributed by atoms with Crippen molar-refractivity contribution in [1.82, 2.24) is 4.90 Å². The summed E-state index contributed by atoms with van der Waals surface area (Å²) in [5.41, 5.74) is 7.88. The van der Waals surface area contributed by atoms with Crippen LogP contribution in [0.15, 0.2) is 84.0 Å². The molecule has 30 heavy (non-hydrogen) atoms. The summed E-state index contributed by atoms with van der Waals surface area (Å²) in [5.74, 6) is 0. The summed E-state index contributed by atoms with van der Waals surface area (Å²) in [6.45, 7) is 4.80. The molecule has 0 bridgehead atoms. The Hall–Kier alpha value is -3.62. The fourth-order valence-corrected chi connectivity index (χ4v) is 3.68. The summed E-state index contributed by atoms with van der Waals surface area (Å²) in [4.78, 5) is 4.78. The van der Waals surface area contributed by atoms with Crippen LogP contribution in [0.25, 0.3) is 0 Å². The zero-order valence-electron chi connectivity index (χ0n) is 16.9. The zero-order valence-corrected chi connectivity index (χ0v) is 16.9. The van der Waals surface area contributed by atoms with Crippen molar-refractivity contribution >= 4 is 17.6 Å². The molecule has 5 heteroatoms. The minimum atomic E-state index is 0.690. The first-order valence-electron chi connectivity index (χ1n) is 10.2. The maximum atomic E-state index is 9.68. The number of para-hydroxylation sites is 1. The molecule has 150 valence electrons. The van der Waals surface area contributed by atoms with Crippen molar-refractivity contribution < 1.29 is 0 Å². The van der Waals surface area contributed by atoms with Crippen molar-refractivity contribution in [2.24, 2.45) is 5.10 Å². The van der Waals surface area contributed by atoms with Gasteiger partial charge in [0.05, 0.1) is 23.2 Å². The summed E-state index contributed by atoms with van der Waals surface area (Å²) in [7, 11) is 0. The molecule has 0 aromatic heterocycles. The van der Waals surface area contributed by atoms with Gasteiger partial charge in [-0.25, -0.2) is 0 Å². The molecular weight excluding hydrogens is 370 g/mol. The summed E-state index contributed by atoms with van der Waals surface area (Å²) < 4.78 is 0. The Kier molecular flexibility index (Phi) is 6.38. The molecule has 0 spiro atoms. The van der Waals surface area contributed by atoms with Gasteiger partial charge in [0.25, 0.3) is 0 Å². The van der Waals surface area contributed by atoms with E-state index in [2.05, 4.69) is 56.7 Å². The van der Waals surface area contributed by atoms with Crippen LogP contribution in [-0.2, 0) is 6.54 Å². The average molecular weight is 396 g/mol. The highest BCUT2D eigenvalue weighted by atomic mass is 15.3. The van der Waals surface area contributed by atoms with Crippen LogP contribution in [0.1, 0.15) is 16.7 Å². The maximum Gasteiger partial charge on any atom is 0.101 e. The molecule has 3 aromatic carbocycles. The molecule has 1 N–H and O–H groups in total. The van der Waals surface area contributed by atoms with Crippen molar-refractivity contribution in [2.75, 3.05) is 36.5 Å². The summed E-state index contributed by atoms with van der Waals surface area (Å²) in [6, 6.07) is 28.7. The van der Waals surface area contributed by atoms with Crippen molar-refractivity contribution in [3.63, 3.8) is 0 Å². The third-order valence-corrected chi connectivity index (χ3v) is 5.28. The lowest BCUT2D eigenvalue weighted by Crippen LogP contribution is -2.46. The van der Waals surface area contributed by atoms with Gasteiger partial charge in [0, 0.05) is 32.7 Å². The normalized spacial score (nSPS) is 14.6. The summed E-state index contributed by atoms with van der Waals surface area (Å²) >= 11 is 0. The maximum absolute atomic E-state index is 9.68. The molecule has 1 heterocycles. The number of nitrogens with one attached hydrogen (secondary N) is 1. The van der Waals surface area contributed by atoms with Crippen LogP contribution in [0, 0.1) is 11.3 Å². The molecule has 0 radical (unpaired) electrons. The van der Waals surface area contributed by atoms with E-state index >= 15 is 0 Å². The Balaban J connectivity index is 1.37. The molecule has 1 fully saturated rings. The van der Waals surface area contributed by atoms with E-state index in [0.717, 1.165) is 49.7 Å². The Labute approximate surface area is 177 Å². The van der Waals surface area contributed by atoms with Crippen LogP contribution in [0.4, 0.5) is 11.4 Å². The molecule has 0 atom stereocenters. The number of benzene rings is 3. The second-order valence-electron chi connectivity index (χ2n) is 7.37. The molecule has 1 saturated heterocycles. The van der Waals surface area contributed by atoms with Crippen molar-refractivity contribution in [2.45, 2.75) is 6.54 Å². The van der Waals surface area contributed by atoms with E-state index in [1.807, 2.05) is 48.5 Å². The monoisotopic (exact) mass is 395 g/mol. The first-order chi connectivity index (χ1) is 14.8. The number of hydrogen-bond donors (Lipinski definition) is 1. The molecule has 0 aliphatic carbocycles. The van der Waals surface area contributed by atoms with E-state index in [1.54, 1.807) is 6.21 Å². The Morgan fingerprint density at radius 1 is 0.900 bits per heavy atom. The van der Waals surface area contributed by atoms with Crippen molar-refractivity contribution in [3.8, 4) is 6.07 Å². The fourth-order valence-electron chi connectivity index (χ4n) is 3.68. The third kappa shape index (κ3) is 5.05. The lowest BCUT2D eigenvalue weighted by molar-refractivity contribution is 0.250. The van der Waals surface area contributed by atoms with E-state index in [1.165, 1.54) is 5.56 Å². The van der Waals surface area contributed by atoms with Crippen LogP contribution in [0.2, 0.25) is 0 Å². The van der Waals surface area contributed by atoms with Gasteiger partial charge < -0.3 is 4.90 Å². The smallest absolute Gasteiger partial charge is 0.101 e. The first kappa shape index (κ1) is 19.7.